The van der Waals surface area contributed by atoms with Gasteiger partial charge in [-0.1, -0.05) is 11.6 Å². The number of hydrogen-bond donors (Lipinski definition) is 1. The van der Waals surface area contributed by atoms with Gasteiger partial charge in [-0.25, -0.2) is 0 Å². The van der Waals surface area contributed by atoms with Crippen molar-refractivity contribution in [1.82, 2.24) is 9.62 Å². The number of carbonyl (C=O) groups excluding carboxylic acids is 2. The molecule has 3 saturated heterocycles. The van der Waals surface area contributed by atoms with Gasteiger partial charge in [0.1, 0.15) is 0 Å². The van der Waals surface area contributed by atoms with Gasteiger partial charge in [0, 0.05) is 31.2 Å². The van der Waals surface area contributed by atoms with Crippen LogP contribution in [0.25, 0.3) is 0 Å². The normalized spacial score (nSPS) is 25.2. The van der Waals surface area contributed by atoms with Crippen molar-refractivity contribution in [1.29, 1.82) is 0 Å². The lowest BCUT2D eigenvalue weighted by atomic mass is 10.1. The van der Waals surface area contributed by atoms with Crippen LogP contribution in [0.3, 0.4) is 0 Å². The Morgan fingerprint density at radius 1 is 1.06 bits per heavy atom. The van der Waals surface area contributed by atoms with Crippen LogP contribution in [0.5, 0.6) is 0 Å². The van der Waals surface area contributed by atoms with Crippen molar-refractivity contribution in [2.45, 2.75) is 37.8 Å². The van der Waals surface area contributed by atoms with E-state index < -0.39 is 10.2 Å². The summed E-state index contributed by atoms with van der Waals surface area (Å²) in [4.78, 5) is 27.0. The highest BCUT2D eigenvalue weighted by Crippen LogP contribution is 2.36. The second kappa shape index (κ2) is 8.33. The number of thiophene rings is 1. The Kier molecular flexibility index (Phi) is 5.65. The summed E-state index contributed by atoms with van der Waals surface area (Å²) in [6.07, 6.45) is 2.99. The van der Waals surface area contributed by atoms with E-state index in [1.807, 2.05) is 0 Å². The molecule has 0 aliphatic carbocycles. The van der Waals surface area contributed by atoms with Crippen molar-refractivity contribution in [2.75, 3.05) is 28.8 Å². The molecule has 11 heteroatoms. The van der Waals surface area contributed by atoms with Crippen molar-refractivity contribution >= 4 is 56.3 Å². The van der Waals surface area contributed by atoms with Gasteiger partial charge in [0.25, 0.3) is 5.91 Å². The van der Waals surface area contributed by atoms with Crippen LogP contribution >= 0.6 is 22.9 Å². The average Bonchev–Trinajstić information content (AvgIpc) is 3.45. The lowest BCUT2D eigenvalue weighted by Gasteiger charge is -2.27. The Morgan fingerprint density at radius 3 is 2.50 bits per heavy atom. The zero-order valence-electron chi connectivity index (χ0n) is 17.2. The van der Waals surface area contributed by atoms with Crippen LogP contribution in [0.2, 0.25) is 4.34 Å². The second-order valence-corrected chi connectivity index (χ2v) is 11.7. The van der Waals surface area contributed by atoms with Crippen molar-refractivity contribution in [2.24, 2.45) is 0 Å². The molecule has 1 aromatic heterocycles. The molecule has 0 bridgehead atoms. The van der Waals surface area contributed by atoms with Gasteiger partial charge >= 0.3 is 10.2 Å². The van der Waals surface area contributed by atoms with Crippen LogP contribution in [0.15, 0.2) is 36.4 Å². The molecule has 32 heavy (non-hydrogen) atoms. The lowest BCUT2D eigenvalue weighted by molar-refractivity contribution is -0.119. The third-order valence-corrected chi connectivity index (χ3v) is 9.50. The highest BCUT2D eigenvalue weighted by molar-refractivity contribution is 7.90. The molecule has 2 aromatic rings. The van der Waals surface area contributed by atoms with Crippen LogP contribution < -0.4 is 14.5 Å². The Balaban J connectivity index is 1.32. The highest BCUT2D eigenvalue weighted by Gasteiger charge is 2.51. The van der Waals surface area contributed by atoms with Crippen molar-refractivity contribution in [3.63, 3.8) is 0 Å². The van der Waals surface area contributed by atoms with Crippen LogP contribution in [-0.4, -0.2) is 56.3 Å². The fraction of sp³-hybridized carbons (Fsp3) is 0.429. The summed E-state index contributed by atoms with van der Waals surface area (Å²) >= 11 is 7.12. The van der Waals surface area contributed by atoms with Gasteiger partial charge in [0.2, 0.25) is 5.91 Å². The SMILES string of the molecule is O=C(N[C@@H]1CCN2[C@@H]1CN(c1ccc(N3CCCCC3=O)cc1)S2(=O)=O)c1ccc(Cl)s1. The Bertz CT molecular complexity index is 1150. The molecular formula is C21H23ClN4O4S2. The molecule has 1 aromatic carbocycles. The van der Waals surface area contributed by atoms with Crippen molar-refractivity contribution in [3.8, 4) is 0 Å². The van der Waals surface area contributed by atoms with Gasteiger partial charge < -0.3 is 10.2 Å². The van der Waals surface area contributed by atoms with Gasteiger partial charge in [-0.3, -0.25) is 13.9 Å². The smallest absolute Gasteiger partial charge is 0.304 e. The maximum Gasteiger partial charge on any atom is 0.304 e. The molecule has 1 N–H and O–H groups in total. The number of fused-ring (bicyclic) bond motifs is 1. The molecule has 5 rings (SSSR count). The third-order valence-electron chi connectivity index (χ3n) is 6.31. The second-order valence-electron chi connectivity index (χ2n) is 8.21. The zero-order chi connectivity index (χ0) is 22.5. The minimum atomic E-state index is -3.68. The molecule has 170 valence electrons. The van der Waals surface area contributed by atoms with E-state index in [2.05, 4.69) is 5.32 Å². The van der Waals surface area contributed by atoms with E-state index in [-0.39, 0.29) is 30.4 Å². The number of amides is 2. The van der Waals surface area contributed by atoms with Crippen molar-refractivity contribution in [3.05, 3.63) is 45.6 Å². The minimum Gasteiger partial charge on any atom is -0.347 e. The topological polar surface area (TPSA) is 90.0 Å². The first-order chi connectivity index (χ1) is 15.3. The summed E-state index contributed by atoms with van der Waals surface area (Å²) in [5, 5.41) is 2.98. The summed E-state index contributed by atoms with van der Waals surface area (Å²) in [5.74, 6) is -0.135. The van der Waals surface area contributed by atoms with Gasteiger partial charge in [0.05, 0.1) is 27.5 Å². The van der Waals surface area contributed by atoms with E-state index in [1.54, 1.807) is 41.3 Å². The number of halogens is 1. The Labute approximate surface area is 195 Å². The minimum absolute atomic E-state index is 0.101. The number of carbonyl (C=O) groups is 2. The van der Waals surface area contributed by atoms with Gasteiger partial charge in [-0.05, 0) is 55.7 Å². The van der Waals surface area contributed by atoms with E-state index in [9.17, 15) is 18.0 Å². The van der Waals surface area contributed by atoms with E-state index in [0.717, 1.165) is 18.5 Å². The molecule has 0 saturated carbocycles. The fourth-order valence-corrected chi connectivity index (χ4v) is 7.50. The predicted octanol–water partition coefficient (Wildman–Crippen LogP) is 2.86. The maximum atomic E-state index is 13.2. The number of piperidine rings is 1. The van der Waals surface area contributed by atoms with E-state index in [4.69, 9.17) is 11.6 Å². The van der Waals surface area contributed by atoms with Crippen LogP contribution in [0, 0.1) is 0 Å². The van der Waals surface area contributed by atoms with Gasteiger partial charge in [0.15, 0.2) is 0 Å². The van der Waals surface area contributed by atoms with E-state index in [0.29, 0.717) is 40.8 Å². The first kappa shape index (κ1) is 21.7. The standard InChI is InChI=1S/C21H23ClN4O4S2/c22-19-9-8-18(31-19)21(28)23-16-10-12-25-17(16)13-26(32(25,29)30)15-6-4-14(5-7-15)24-11-2-1-3-20(24)27/h4-9,16-17H,1-3,10-13H2,(H,23,28)/t16-,17-/m1/s1. The molecule has 3 aliphatic heterocycles. The van der Waals surface area contributed by atoms with Gasteiger partial charge in [-0.15, -0.1) is 11.3 Å². The monoisotopic (exact) mass is 494 g/mol. The summed E-state index contributed by atoms with van der Waals surface area (Å²) in [6.45, 7) is 1.31. The number of hydrogen-bond acceptors (Lipinski definition) is 5. The first-order valence-electron chi connectivity index (χ1n) is 10.6. The van der Waals surface area contributed by atoms with E-state index in [1.165, 1.54) is 19.9 Å². The predicted molar refractivity (Wildman–Crippen MR) is 125 cm³/mol. The number of anilines is 2. The number of rotatable bonds is 4. The fourth-order valence-electron chi connectivity index (χ4n) is 4.68. The largest absolute Gasteiger partial charge is 0.347 e. The molecule has 0 unspecified atom stereocenters. The first-order valence-corrected chi connectivity index (χ1v) is 13.2. The molecular weight excluding hydrogens is 472 g/mol. The van der Waals surface area contributed by atoms with E-state index >= 15 is 0 Å². The number of nitrogens with zero attached hydrogens (tertiary/aromatic N) is 3. The molecule has 4 heterocycles. The molecule has 2 amide bonds. The third kappa shape index (κ3) is 3.79. The highest BCUT2D eigenvalue weighted by atomic mass is 35.5. The molecule has 0 radical (unpaired) electrons. The summed E-state index contributed by atoms with van der Waals surface area (Å²) in [5.41, 5.74) is 1.35. The van der Waals surface area contributed by atoms with Gasteiger partial charge in [-0.2, -0.15) is 12.7 Å². The summed E-state index contributed by atoms with van der Waals surface area (Å²) < 4.78 is 29.8. The lowest BCUT2D eigenvalue weighted by Crippen LogP contribution is -2.44. The summed E-state index contributed by atoms with van der Waals surface area (Å²) in [7, 11) is -3.68. The van der Waals surface area contributed by atoms with Crippen LogP contribution in [0.1, 0.15) is 35.4 Å². The molecule has 0 spiro atoms. The Hall–Kier alpha value is -2.14. The summed E-state index contributed by atoms with van der Waals surface area (Å²) in [6, 6.07) is 9.84. The van der Waals surface area contributed by atoms with Crippen molar-refractivity contribution < 1.29 is 18.0 Å². The zero-order valence-corrected chi connectivity index (χ0v) is 19.6. The average molecular weight is 495 g/mol. The number of nitrogens with one attached hydrogen (secondary N) is 1. The van der Waals surface area contributed by atoms with Crippen LogP contribution in [0.4, 0.5) is 11.4 Å². The molecule has 3 fully saturated rings. The Morgan fingerprint density at radius 2 is 1.81 bits per heavy atom. The quantitative estimate of drug-likeness (QED) is 0.707. The molecule has 3 aliphatic rings. The van der Waals surface area contributed by atoms with Crippen LogP contribution in [-0.2, 0) is 15.0 Å². The molecule has 2 atom stereocenters. The molecule has 8 nitrogen and oxygen atoms in total. The number of benzene rings is 1. The maximum absolute atomic E-state index is 13.2.